The number of carbonyl (C=O) groups excluding carboxylic acids is 1. The van der Waals surface area contributed by atoms with Crippen molar-refractivity contribution in [3.05, 3.63) is 35.6 Å². The summed E-state index contributed by atoms with van der Waals surface area (Å²) in [5.41, 5.74) is 4.99. The molecule has 0 bridgehead atoms. The van der Waals surface area contributed by atoms with E-state index in [1.807, 2.05) is 0 Å². The molecule has 4 N–H and O–H groups in total. The second-order valence-corrected chi connectivity index (χ2v) is 3.18. The zero-order chi connectivity index (χ0) is 12.1. The molecule has 0 aromatic heterocycles. The Bertz CT molecular complexity index is 393. The van der Waals surface area contributed by atoms with E-state index in [1.165, 1.54) is 18.2 Å². The summed E-state index contributed by atoms with van der Waals surface area (Å²) >= 11 is 0. The maximum atomic E-state index is 13.4. The molecule has 1 atom stereocenters. The third-order valence-electron chi connectivity index (χ3n) is 1.98. The fraction of sp³-hybridized carbons (Fsp3) is 0.200. The van der Waals surface area contributed by atoms with E-state index in [2.05, 4.69) is 5.32 Å². The Kier molecular flexibility index (Phi) is 3.82. The van der Waals surface area contributed by atoms with Crippen molar-refractivity contribution in [1.82, 2.24) is 5.32 Å². The monoisotopic (exact) mass is 226 g/mol. The fourth-order valence-corrected chi connectivity index (χ4v) is 1.34. The van der Waals surface area contributed by atoms with Gasteiger partial charge in [0, 0.05) is 5.56 Å². The SMILES string of the molecule is NC(=O)N[C@@H](CC(=O)O)c1ccccc1F. The van der Waals surface area contributed by atoms with Crippen LogP contribution in [0.15, 0.2) is 24.3 Å². The zero-order valence-corrected chi connectivity index (χ0v) is 8.31. The van der Waals surface area contributed by atoms with Crippen LogP contribution in [-0.2, 0) is 4.79 Å². The molecule has 0 radical (unpaired) electrons. The predicted octanol–water partition coefficient (Wildman–Crippen LogP) is 1.01. The summed E-state index contributed by atoms with van der Waals surface area (Å²) in [5, 5.41) is 10.8. The first kappa shape index (κ1) is 12.0. The van der Waals surface area contributed by atoms with Crippen molar-refractivity contribution in [3.8, 4) is 0 Å². The number of halogens is 1. The number of nitrogens with one attached hydrogen (secondary N) is 1. The highest BCUT2D eigenvalue weighted by Crippen LogP contribution is 2.19. The normalized spacial score (nSPS) is 11.8. The van der Waals surface area contributed by atoms with Gasteiger partial charge in [0.05, 0.1) is 12.5 Å². The number of urea groups is 1. The van der Waals surface area contributed by atoms with Crippen LogP contribution in [0.3, 0.4) is 0 Å². The summed E-state index contributed by atoms with van der Waals surface area (Å²) in [4.78, 5) is 21.2. The highest BCUT2D eigenvalue weighted by atomic mass is 19.1. The lowest BCUT2D eigenvalue weighted by molar-refractivity contribution is -0.137. The van der Waals surface area contributed by atoms with Gasteiger partial charge in [-0.2, -0.15) is 0 Å². The molecule has 0 aliphatic carbocycles. The number of benzene rings is 1. The van der Waals surface area contributed by atoms with Crippen molar-refractivity contribution < 1.29 is 19.1 Å². The number of carboxylic acid groups (broad SMARTS) is 1. The van der Waals surface area contributed by atoms with Gasteiger partial charge < -0.3 is 16.2 Å². The van der Waals surface area contributed by atoms with Gasteiger partial charge in [-0.3, -0.25) is 4.79 Å². The summed E-state index contributed by atoms with van der Waals surface area (Å²) in [7, 11) is 0. The van der Waals surface area contributed by atoms with Gasteiger partial charge >= 0.3 is 12.0 Å². The Balaban J connectivity index is 2.96. The number of nitrogens with two attached hydrogens (primary N) is 1. The molecule has 0 saturated heterocycles. The van der Waals surface area contributed by atoms with Crippen LogP contribution in [0.1, 0.15) is 18.0 Å². The van der Waals surface area contributed by atoms with Crippen LogP contribution in [0, 0.1) is 5.82 Å². The van der Waals surface area contributed by atoms with E-state index < -0.39 is 30.3 Å². The standard InChI is InChI=1S/C10H11FN2O3/c11-7-4-2-1-3-6(7)8(5-9(14)15)13-10(12)16/h1-4,8H,5H2,(H,14,15)(H3,12,13,16)/t8-/m0/s1. The average Bonchev–Trinajstić information content (AvgIpc) is 2.15. The molecule has 16 heavy (non-hydrogen) atoms. The molecule has 0 aliphatic rings. The number of hydrogen-bond donors (Lipinski definition) is 3. The van der Waals surface area contributed by atoms with Crippen LogP contribution in [0.2, 0.25) is 0 Å². The first-order valence-electron chi connectivity index (χ1n) is 4.53. The zero-order valence-electron chi connectivity index (χ0n) is 8.31. The van der Waals surface area contributed by atoms with Crippen molar-refractivity contribution in [2.75, 3.05) is 0 Å². The van der Waals surface area contributed by atoms with E-state index in [9.17, 15) is 14.0 Å². The minimum absolute atomic E-state index is 0.101. The molecule has 1 aromatic carbocycles. The molecule has 0 spiro atoms. The predicted molar refractivity (Wildman–Crippen MR) is 54.1 cm³/mol. The fourth-order valence-electron chi connectivity index (χ4n) is 1.34. The summed E-state index contributed by atoms with van der Waals surface area (Å²) in [6, 6.07) is 3.76. The lowest BCUT2D eigenvalue weighted by Crippen LogP contribution is -2.34. The molecular weight excluding hydrogens is 215 g/mol. The molecule has 2 amide bonds. The molecule has 1 rings (SSSR count). The molecule has 0 aliphatic heterocycles. The van der Waals surface area contributed by atoms with Crippen LogP contribution >= 0.6 is 0 Å². The molecule has 0 heterocycles. The second kappa shape index (κ2) is 5.11. The van der Waals surface area contributed by atoms with Crippen molar-refractivity contribution in [2.45, 2.75) is 12.5 Å². The Labute approximate surface area is 91.1 Å². The lowest BCUT2D eigenvalue weighted by atomic mass is 10.0. The number of rotatable bonds is 4. The molecular formula is C10H11FN2O3. The maximum absolute atomic E-state index is 13.4. The lowest BCUT2D eigenvalue weighted by Gasteiger charge is -2.16. The van der Waals surface area contributed by atoms with Crippen molar-refractivity contribution in [2.24, 2.45) is 5.73 Å². The molecule has 0 saturated carbocycles. The Morgan fingerprint density at radius 3 is 2.56 bits per heavy atom. The smallest absolute Gasteiger partial charge is 0.312 e. The van der Waals surface area contributed by atoms with E-state index >= 15 is 0 Å². The largest absolute Gasteiger partial charge is 0.481 e. The molecule has 6 heteroatoms. The van der Waals surface area contributed by atoms with Gasteiger partial charge in [0.1, 0.15) is 5.82 Å². The third-order valence-corrected chi connectivity index (χ3v) is 1.98. The van der Waals surface area contributed by atoms with Crippen molar-refractivity contribution >= 4 is 12.0 Å². The first-order valence-corrected chi connectivity index (χ1v) is 4.53. The summed E-state index contributed by atoms with van der Waals surface area (Å²) in [5.74, 6) is -1.73. The van der Waals surface area contributed by atoms with Gasteiger partial charge in [0.2, 0.25) is 0 Å². The molecule has 0 fully saturated rings. The number of hydrogen-bond acceptors (Lipinski definition) is 2. The minimum atomic E-state index is -1.15. The molecule has 1 aromatic rings. The van der Waals surface area contributed by atoms with Gasteiger partial charge in [-0.25, -0.2) is 9.18 Å². The van der Waals surface area contributed by atoms with E-state index in [-0.39, 0.29) is 5.56 Å². The topological polar surface area (TPSA) is 92.4 Å². The second-order valence-electron chi connectivity index (χ2n) is 3.18. The molecule has 5 nitrogen and oxygen atoms in total. The van der Waals surface area contributed by atoms with E-state index in [0.717, 1.165) is 0 Å². The van der Waals surface area contributed by atoms with Crippen LogP contribution in [0.25, 0.3) is 0 Å². The minimum Gasteiger partial charge on any atom is -0.481 e. The first-order chi connectivity index (χ1) is 7.50. The summed E-state index contributed by atoms with van der Waals surface area (Å²) in [6.45, 7) is 0. The van der Waals surface area contributed by atoms with Crippen LogP contribution in [-0.4, -0.2) is 17.1 Å². The van der Waals surface area contributed by atoms with Crippen molar-refractivity contribution in [1.29, 1.82) is 0 Å². The van der Waals surface area contributed by atoms with Gasteiger partial charge in [0.15, 0.2) is 0 Å². The van der Waals surface area contributed by atoms with Gasteiger partial charge in [-0.1, -0.05) is 18.2 Å². The number of carbonyl (C=O) groups is 2. The highest BCUT2D eigenvalue weighted by molar-refractivity contribution is 5.74. The van der Waals surface area contributed by atoms with Gasteiger partial charge in [0.25, 0.3) is 0 Å². The van der Waals surface area contributed by atoms with E-state index in [0.29, 0.717) is 0 Å². The highest BCUT2D eigenvalue weighted by Gasteiger charge is 2.19. The van der Waals surface area contributed by atoms with Crippen LogP contribution < -0.4 is 11.1 Å². The van der Waals surface area contributed by atoms with Crippen LogP contribution in [0.5, 0.6) is 0 Å². The maximum Gasteiger partial charge on any atom is 0.312 e. The number of primary amides is 1. The number of amides is 2. The van der Waals surface area contributed by atoms with E-state index in [1.54, 1.807) is 6.07 Å². The van der Waals surface area contributed by atoms with Gasteiger partial charge in [-0.05, 0) is 6.07 Å². The van der Waals surface area contributed by atoms with Gasteiger partial charge in [-0.15, -0.1) is 0 Å². The van der Waals surface area contributed by atoms with Crippen LogP contribution in [0.4, 0.5) is 9.18 Å². The summed E-state index contributed by atoms with van der Waals surface area (Å²) in [6.07, 6.45) is -0.427. The Morgan fingerprint density at radius 1 is 1.44 bits per heavy atom. The molecule has 0 unspecified atom stereocenters. The van der Waals surface area contributed by atoms with Crippen molar-refractivity contribution in [3.63, 3.8) is 0 Å². The quantitative estimate of drug-likeness (QED) is 0.715. The van der Waals surface area contributed by atoms with E-state index in [4.69, 9.17) is 10.8 Å². The third kappa shape index (κ3) is 3.23. The summed E-state index contributed by atoms with van der Waals surface area (Å²) < 4.78 is 13.4. The Hall–Kier alpha value is -2.11. The average molecular weight is 226 g/mol. The Morgan fingerprint density at radius 2 is 2.06 bits per heavy atom. The number of aliphatic carboxylic acids is 1. The number of carboxylic acids is 1. The molecule has 86 valence electrons.